The van der Waals surface area contributed by atoms with E-state index in [0.717, 1.165) is 6.42 Å². The maximum atomic E-state index is 9.80. The molecular formula is C3H9NO2P+. The minimum absolute atomic E-state index is 0.617. The van der Waals surface area contributed by atoms with E-state index in [1.165, 1.54) is 0 Å². The zero-order chi connectivity index (χ0) is 5.70. The van der Waals surface area contributed by atoms with Crippen molar-refractivity contribution in [1.82, 2.24) is 5.09 Å². The quantitative estimate of drug-likeness (QED) is 0.540. The maximum absolute atomic E-state index is 9.80. The van der Waals surface area contributed by atoms with Crippen LogP contribution < -0.4 is 5.09 Å². The zero-order valence-electron chi connectivity index (χ0n) is 4.22. The number of hydrogen-bond acceptors (Lipinski definition) is 1. The average Bonchev–Trinajstić information content (AvgIpc) is 1.61. The standard InChI is InChI=1S/C3H8NO2P/c1-2-3-4-7(5)6/h2-3H2,1H3,(H-,4,5,6)/p+1. The third-order valence-corrected chi connectivity index (χ3v) is 0.991. The Bertz CT molecular complexity index is 66.0. The van der Waals surface area contributed by atoms with Gasteiger partial charge in [0.2, 0.25) is 0 Å². The molecule has 0 spiro atoms. The Hall–Kier alpha value is 0.0200. The molecule has 0 bridgehead atoms. The first-order valence-corrected chi connectivity index (χ1v) is 3.38. The van der Waals surface area contributed by atoms with Crippen LogP contribution in [-0.4, -0.2) is 11.4 Å². The van der Waals surface area contributed by atoms with Gasteiger partial charge in [-0.25, -0.2) is 0 Å². The van der Waals surface area contributed by atoms with Gasteiger partial charge < -0.3 is 0 Å². The molecule has 0 saturated heterocycles. The van der Waals surface area contributed by atoms with Crippen molar-refractivity contribution in [3.05, 3.63) is 0 Å². The fourth-order valence-corrected chi connectivity index (χ4v) is 0.622. The van der Waals surface area contributed by atoms with Crippen molar-refractivity contribution >= 4 is 8.18 Å². The molecule has 7 heavy (non-hydrogen) atoms. The first kappa shape index (κ1) is 7.02. The van der Waals surface area contributed by atoms with Gasteiger partial charge in [0, 0.05) is 6.54 Å². The third-order valence-electron chi connectivity index (χ3n) is 0.497. The van der Waals surface area contributed by atoms with Crippen LogP contribution in [0.2, 0.25) is 0 Å². The second-order valence-electron chi connectivity index (χ2n) is 1.18. The van der Waals surface area contributed by atoms with Gasteiger partial charge >= 0.3 is 8.18 Å². The summed E-state index contributed by atoms with van der Waals surface area (Å²) in [5.41, 5.74) is 0. The largest absolute Gasteiger partial charge is 0.610 e. The molecule has 0 aliphatic rings. The van der Waals surface area contributed by atoms with Crippen LogP contribution in [0.1, 0.15) is 13.3 Å². The van der Waals surface area contributed by atoms with Crippen LogP contribution in [0, 0.1) is 0 Å². The molecule has 0 fully saturated rings. The highest BCUT2D eigenvalue weighted by Crippen LogP contribution is 2.02. The molecule has 0 aromatic rings. The predicted octanol–water partition coefficient (Wildman–Crippen LogP) is 0.636. The second-order valence-corrected chi connectivity index (χ2v) is 2.04. The summed E-state index contributed by atoms with van der Waals surface area (Å²) in [6.07, 6.45) is 0.891. The molecule has 0 amide bonds. The molecule has 0 aromatic carbocycles. The van der Waals surface area contributed by atoms with Crippen molar-refractivity contribution in [3.63, 3.8) is 0 Å². The highest BCUT2D eigenvalue weighted by Gasteiger charge is 2.04. The molecule has 0 saturated carbocycles. The SMILES string of the molecule is CCCN[P+](=O)O. The highest BCUT2D eigenvalue weighted by molar-refractivity contribution is 7.35. The van der Waals surface area contributed by atoms with Crippen molar-refractivity contribution in [1.29, 1.82) is 0 Å². The molecule has 1 unspecified atom stereocenters. The second kappa shape index (κ2) is 4.19. The van der Waals surface area contributed by atoms with E-state index in [-0.39, 0.29) is 0 Å². The molecule has 0 aromatic heterocycles. The third kappa shape index (κ3) is 6.02. The lowest BCUT2D eigenvalue weighted by atomic mass is 10.5. The van der Waals surface area contributed by atoms with Gasteiger partial charge in [-0.2, -0.15) is 0 Å². The van der Waals surface area contributed by atoms with Gasteiger partial charge in [0.15, 0.2) is 0 Å². The predicted molar refractivity (Wildman–Crippen MR) is 28.1 cm³/mol. The minimum Gasteiger partial charge on any atom is -0.144 e. The number of nitrogens with one attached hydrogen (secondary N) is 1. The summed E-state index contributed by atoms with van der Waals surface area (Å²) in [5.74, 6) is 0. The van der Waals surface area contributed by atoms with Crippen LogP contribution in [0.3, 0.4) is 0 Å². The monoisotopic (exact) mass is 122 g/mol. The van der Waals surface area contributed by atoms with Crippen LogP contribution in [0.15, 0.2) is 0 Å². The molecule has 4 heteroatoms. The fourth-order valence-electron chi connectivity index (χ4n) is 0.207. The van der Waals surface area contributed by atoms with Crippen LogP contribution in [0.5, 0.6) is 0 Å². The van der Waals surface area contributed by atoms with Crippen molar-refractivity contribution in [2.45, 2.75) is 13.3 Å². The first-order valence-electron chi connectivity index (χ1n) is 2.17. The topological polar surface area (TPSA) is 49.3 Å². The summed E-state index contributed by atoms with van der Waals surface area (Å²) in [4.78, 5) is 8.08. The Kier molecular flexibility index (Phi) is 4.20. The summed E-state index contributed by atoms with van der Waals surface area (Å²) in [6, 6.07) is 0. The average molecular weight is 122 g/mol. The molecule has 0 aliphatic heterocycles. The Balaban J connectivity index is 2.82. The van der Waals surface area contributed by atoms with Crippen molar-refractivity contribution in [2.24, 2.45) is 0 Å². The first-order chi connectivity index (χ1) is 3.27. The molecule has 42 valence electrons. The van der Waals surface area contributed by atoms with E-state index in [9.17, 15) is 4.57 Å². The normalized spacial score (nSPS) is 11.4. The van der Waals surface area contributed by atoms with E-state index in [1.54, 1.807) is 0 Å². The highest BCUT2D eigenvalue weighted by atomic mass is 31.1. The van der Waals surface area contributed by atoms with Crippen LogP contribution in [0.4, 0.5) is 0 Å². The molecule has 2 N–H and O–H groups in total. The molecule has 1 atom stereocenters. The van der Waals surface area contributed by atoms with Gasteiger partial charge in [-0.15, -0.1) is 4.89 Å². The zero-order valence-corrected chi connectivity index (χ0v) is 5.11. The summed E-state index contributed by atoms with van der Waals surface area (Å²) in [7, 11) is -2.11. The Morgan fingerprint density at radius 2 is 2.43 bits per heavy atom. The van der Waals surface area contributed by atoms with Crippen LogP contribution in [-0.2, 0) is 4.57 Å². The molecule has 0 aliphatic carbocycles. The van der Waals surface area contributed by atoms with Crippen molar-refractivity contribution in [3.8, 4) is 0 Å². The van der Waals surface area contributed by atoms with Gasteiger partial charge in [0.1, 0.15) is 0 Å². The van der Waals surface area contributed by atoms with E-state index in [0.29, 0.717) is 6.54 Å². The molecular weight excluding hydrogens is 113 g/mol. The van der Waals surface area contributed by atoms with Crippen LogP contribution >= 0.6 is 8.18 Å². The molecule has 3 nitrogen and oxygen atoms in total. The Labute approximate surface area is 43.7 Å². The Morgan fingerprint density at radius 1 is 1.86 bits per heavy atom. The Morgan fingerprint density at radius 3 is 2.57 bits per heavy atom. The molecule has 0 heterocycles. The lowest BCUT2D eigenvalue weighted by Crippen LogP contribution is -2.02. The minimum atomic E-state index is -2.11. The lowest BCUT2D eigenvalue weighted by Gasteiger charge is -1.78. The summed E-state index contributed by atoms with van der Waals surface area (Å²) in [6.45, 7) is 2.55. The van der Waals surface area contributed by atoms with Crippen LogP contribution in [0.25, 0.3) is 0 Å². The summed E-state index contributed by atoms with van der Waals surface area (Å²) >= 11 is 0. The van der Waals surface area contributed by atoms with Gasteiger partial charge in [-0.1, -0.05) is 12.0 Å². The van der Waals surface area contributed by atoms with Gasteiger partial charge in [-0.05, 0) is 11.0 Å². The van der Waals surface area contributed by atoms with E-state index in [2.05, 4.69) is 5.09 Å². The van der Waals surface area contributed by atoms with Gasteiger partial charge in [-0.3, -0.25) is 0 Å². The number of rotatable bonds is 3. The summed E-state index contributed by atoms with van der Waals surface area (Å²) < 4.78 is 9.80. The van der Waals surface area contributed by atoms with E-state index in [4.69, 9.17) is 4.89 Å². The molecule has 0 rings (SSSR count). The molecule has 0 radical (unpaired) electrons. The van der Waals surface area contributed by atoms with E-state index >= 15 is 0 Å². The van der Waals surface area contributed by atoms with Gasteiger partial charge in [0.25, 0.3) is 0 Å². The maximum Gasteiger partial charge on any atom is 0.610 e. The smallest absolute Gasteiger partial charge is 0.144 e. The van der Waals surface area contributed by atoms with Crippen molar-refractivity contribution in [2.75, 3.05) is 6.54 Å². The number of hydrogen-bond donors (Lipinski definition) is 2. The fraction of sp³-hybridized carbons (Fsp3) is 1.00. The van der Waals surface area contributed by atoms with Crippen molar-refractivity contribution < 1.29 is 9.46 Å². The van der Waals surface area contributed by atoms with E-state index in [1.807, 2.05) is 6.92 Å². The van der Waals surface area contributed by atoms with Gasteiger partial charge in [0.05, 0.1) is 0 Å². The van der Waals surface area contributed by atoms with E-state index < -0.39 is 8.18 Å². The summed E-state index contributed by atoms with van der Waals surface area (Å²) in [5, 5.41) is 2.36. The lowest BCUT2D eigenvalue weighted by molar-refractivity contribution is 0.489.